The van der Waals surface area contributed by atoms with Gasteiger partial charge in [-0.25, -0.2) is 0 Å². The first-order chi connectivity index (χ1) is 13.8. The maximum Gasteiger partial charge on any atom is 0.318 e. The molecule has 0 saturated heterocycles. The molecular weight excluding hydrogens is 364 g/mol. The van der Waals surface area contributed by atoms with Crippen molar-refractivity contribution >= 4 is 11.9 Å². The largest absolute Gasteiger partial charge is 0.454 e. The SMILES string of the molecule is CCCCCC1=CCCC1(C)OC(=O)CC(=O)OC1(C)CCC=C1CCCCC. The Hall–Kier alpha value is -1.58. The van der Waals surface area contributed by atoms with Crippen LogP contribution in [0.2, 0.25) is 0 Å². The van der Waals surface area contributed by atoms with Crippen LogP contribution in [0, 0.1) is 0 Å². The van der Waals surface area contributed by atoms with E-state index in [2.05, 4.69) is 26.0 Å². The predicted octanol–water partition coefficient (Wildman–Crippen LogP) is 6.58. The third-order valence-corrected chi connectivity index (χ3v) is 6.45. The van der Waals surface area contributed by atoms with E-state index in [1.807, 2.05) is 13.8 Å². The molecule has 2 aliphatic rings. The molecule has 0 aromatic heterocycles. The lowest BCUT2D eigenvalue weighted by molar-refractivity contribution is -0.166. The van der Waals surface area contributed by atoms with Gasteiger partial charge in [0.2, 0.25) is 0 Å². The van der Waals surface area contributed by atoms with Gasteiger partial charge in [0.1, 0.15) is 17.6 Å². The Morgan fingerprint density at radius 2 is 1.21 bits per heavy atom. The van der Waals surface area contributed by atoms with E-state index in [0.717, 1.165) is 51.4 Å². The van der Waals surface area contributed by atoms with E-state index in [4.69, 9.17) is 9.47 Å². The average Bonchev–Trinajstić information content (AvgIpc) is 3.18. The monoisotopic (exact) mass is 404 g/mol. The third-order valence-electron chi connectivity index (χ3n) is 6.45. The van der Waals surface area contributed by atoms with Crippen molar-refractivity contribution in [3.8, 4) is 0 Å². The maximum absolute atomic E-state index is 12.5. The van der Waals surface area contributed by atoms with Gasteiger partial charge in [-0.15, -0.1) is 0 Å². The number of unbranched alkanes of at least 4 members (excludes halogenated alkanes) is 4. The highest BCUT2D eigenvalue weighted by molar-refractivity contribution is 5.91. The molecule has 0 aromatic carbocycles. The summed E-state index contributed by atoms with van der Waals surface area (Å²) in [5, 5.41) is 0. The maximum atomic E-state index is 12.5. The van der Waals surface area contributed by atoms with E-state index in [-0.39, 0.29) is 6.42 Å². The van der Waals surface area contributed by atoms with E-state index >= 15 is 0 Å². The second-order valence-corrected chi connectivity index (χ2v) is 9.04. The van der Waals surface area contributed by atoms with Crippen molar-refractivity contribution in [3.63, 3.8) is 0 Å². The average molecular weight is 405 g/mol. The van der Waals surface area contributed by atoms with Crippen molar-refractivity contribution in [3.05, 3.63) is 23.3 Å². The molecule has 2 unspecified atom stereocenters. The smallest absolute Gasteiger partial charge is 0.318 e. The molecule has 164 valence electrons. The molecule has 4 heteroatoms. The molecule has 0 amide bonds. The number of rotatable bonds is 12. The quantitative estimate of drug-likeness (QED) is 0.159. The Bertz CT molecular complexity index is 579. The fourth-order valence-corrected chi connectivity index (χ4v) is 4.59. The van der Waals surface area contributed by atoms with Crippen molar-refractivity contribution in [2.24, 2.45) is 0 Å². The summed E-state index contributed by atoms with van der Waals surface area (Å²) in [7, 11) is 0. The number of ether oxygens (including phenoxy) is 2. The fourth-order valence-electron chi connectivity index (χ4n) is 4.59. The number of allylic oxidation sites excluding steroid dienone is 2. The molecule has 0 fully saturated rings. The van der Waals surface area contributed by atoms with Crippen LogP contribution >= 0.6 is 0 Å². The van der Waals surface area contributed by atoms with Gasteiger partial charge >= 0.3 is 11.9 Å². The summed E-state index contributed by atoms with van der Waals surface area (Å²) in [5.41, 5.74) is 1.29. The van der Waals surface area contributed by atoms with E-state index in [1.165, 1.54) is 36.8 Å². The standard InChI is InChI=1S/C25H40O4/c1-5-7-9-13-20-15-11-17-24(20,3)28-22(26)19-23(27)29-25(4)18-12-16-21(25)14-10-8-6-2/h15-16H,5-14,17-19H2,1-4H3. The Morgan fingerprint density at radius 1 is 0.793 bits per heavy atom. The molecule has 0 spiro atoms. The van der Waals surface area contributed by atoms with E-state index in [0.29, 0.717) is 0 Å². The Morgan fingerprint density at radius 3 is 1.59 bits per heavy atom. The zero-order valence-corrected chi connectivity index (χ0v) is 19.0. The van der Waals surface area contributed by atoms with Crippen molar-refractivity contribution in [1.29, 1.82) is 0 Å². The highest BCUT2D eigenvalue weighted by Crippen LogP contribution is 2.38. The van der Waals surface area contributed by atoms with Gasteiger partial charge in [0.05, 0.1) is 0 Å². The van der Waals surface area contributed by atoms with Crippen LogP contribution in [0.5, 0.6) is 0 Å². The van der Waals surface area contributed by atoms with Crippen LogP contribution in [0.3, 0.4) is 0 Å². The lowest BCUT2D eigenvalue weighted by Crippen LogP contribution is -2.35. The molecule has 2 aliphatic carbocycles. The van der Waals surface area contributed by atoms with Crippen molar-refractivity contribution in [2.45, 2.75) is 122 Å². The summed E-state index contributed by atoms with van der Waals surface area (Å²) < 4.78 is 11.6. The Kier molecular flexibility index (Phi) is 8.98. The molecule has 0 aliphatic heterocycles. The molecule has 0 aromatic rings. The van der Waals surface area contributed by atoms with Gasteiger partial charge in [-0.05, 0) is 76.4 Å². The lowest BCUT2D eigenvalue weighted by atomic mass is 9.93. The van der Waals surface area contributed by atoms with Gasteiger partial charge in [0.25, 0.3) is 0 Å². The molecule has 0 N–H and O–H groups in total. The second-order valence-electron chi connectivity index (χ2n) is 9.04. The molecule has 4 nitrogen and oxygen atoms in total. The van der Waals surface area contributed by atoms with Gasteiger partial charge in [-0.1, -0.05) is 51.7 Å². The van der Waals surface area contributed by atoms with Crippen molar-refractivity contribution < 1.29 is 19.1 Å². The van der Waals surface area contributed by atoms with E-state index in [1.54, 1.807) is 0 Å². The van der Waals surface area contributed by atoms with Gasteiger partial charge in [-0.2, -0.15) is 0 Å². The van der Waals surface area contributed by atoms with Gasteiger partial charge in [0.15, 0.2) is 0 Å². The van der Waals surface area contributed by atoms with Crippen LogP contribution in [-0.4, -0.2) is 23.1 Å². The Balaban J connectivity index is 1.85. The van der Waals surface area contributed by atoms with E-state index in [9.17, 15) is 9.59 Å². The molecule has 2 rings (SSSR count). The van der Waals surface area contributed by atoms with Gasteiger partial charge in [0, 0.05) is 0 Å². The second kappa shape index (κ2) is 11.0. The first kappa shape index (κ1) is 23.7. The number of hydrogen-bond acceptors (Lipinski definition) is 4. The van der Waals surface area contributed by atoms with Crippen LogP contribution < -0.4 is 0 Å². The summed E-state index contributed by atoms with van der Waals surface area (Å²) in [6, 6.07) is 0. The molecule has 0 bridgehead atoms. The minimum Gasteiger partial charge on any atom is -0.454 e. The summed E-state index contributed by atoms with van der Waals surface area (Å²) in [4.78, 5) is 25.0. The molecule has 0 heterocycles. The zero-order chi connectivity index (χ0) is 21.3. The summed E-state index contributed by atoms with van der Waals surface area (Å²) in [6.07, 6.45) is 16.4. The highest BCUT2D eigenvalue weighted by Gasteiger charge is 2.38. The topological polar surface area (TPSA) is 52.6 Å². The Labute approximate surface area is 177 Å². The van der Waals surface area contributed by atoms with E-state index < -0.39 is 23.1 Å². The number of hydrogen-bond donors (Lipinski definition) is 0. The predicted molar refractivity (Wildman–Crippen MR) is 117 cm³/mol. The van der Waals surface area contributed by atoms with Crippen LogP contribution in [0.4, 0.5) is 0 Å². The molecule has 0 radical (unpaired) electrons. The number of carbonyl (C=O) groups is 2. The van der Waals surface area contributed by atoms with Crippen LogP contribution in [0.15, 0.2) is 23.3 Å². The van der Waals surface area contributed by atoms with Crippen molar-refractivity contribution in [2.75, 3.05) is 0 Å². The summed E-state index contributed by atoms with van der Waals surface area (Å²) >= 11 is 0. The third kappa shape index (κ3) is 6.72. The number of carbonyl (C=O) groups excluding carboxylic acids is 2. The fraction of sp³-hybridized carbons (Fsp3) is 0.760. The summed E-state index contributed by atoms with van der Waals surface area (Å²) in [6.45, 7) is 8.33. The van der Waals surface area contributed by atoms with Crippen molar-refractivity contribution in [1.82, 2.24) is 0 Å². The van der Waals surface area contributed by atoms with Gasteiger partial charge in [-0.3, -0.25) is 9.59 Å². The zero-order valence-electron chi connectivity index (χ0n) is 19.0. The minimum absolute atomic E-state index is 0.310. The molecular formula is C25H40O4. The van der Waals surface area contributed by atoms with Gasteiger partial charge < -0.3 is 9.47 Å². The summed E-state index contributed by atoms with van der Waals surface area (Å²) in [5.74, 6) is -0.946. The van der Waals surface area contributed by atoms with Crippen LogP contribution in [0.25, 0.3) is 0 Å². The highest BCUT2D eigenvalue weighted by atomic mass is 16.6. The number of esters is 2. The van der Waals surface area contributed by atoms with Crippen LogP contribution in [0.1, 0.15) is 111 Å². The molecule has 2 atom stereocenters. The molecule has 29 heavy (non-hydrogen) atoms. The first-order valence-electron chi connectivity index (χ1n) is 11.7. The normalized spacial score (nSPS) is 26.2. The lowest BCUT2D eigenvalue weighted by Gasteiger charge is -2.30. The minimum atomic E-state index is -0.562. The van der Waals surface area contributed by atoms with Crippen LogP contribution in [-0.2, 0) is 19.1 Å². The molecule has 0 saturated carbocycles. The first-order valence-corrected chi connectivity index (χ1v) is 11.7.